The Morgan fingerprint density at radius 2 is 2.16 bits per heavy atom. The zero-order valence-electron chi connectivity index (χ0n) is 10.9. The predicted molar refractivity (Wildman–Crippen MR) is 71.2 cm³/mol. The Labute approximate surface area is 111 Å². The molecule has 1 saturated carbocycles. The van der Waals surface area contributed by atoms with Gasteiger partial charge in [-0.15, -0.1) is 5.10 Å². The molecule has 3 rings (SSSR count). The molecule has 1 heterocycles. The SMILES string of the molecule is CC(C1CCCC1)n1nnc2cccc(C(=O)O)c21. The number of para-hydroxylation sites is 1. The van der Waals surface area contributed by atoms with E-state index in [0.717, 1.165) is 0 Å². The van der Waals surface area contributed by atoms with Crippen LogP contribution in [0.3, 0.4) is 0 Å². The molecule has 5 nitrogen and oxygen atoms in total. The highest BCUT2D eigenvalue weighted by molar-refractivity contribution is 6.00. The number of rotatable bonds is 3. The second kappa shape index (κ2) is 4.64. The highest BCUT2D eigenvalue weighted by atomic mass is 16.4. The van der Waals surface area contributed by atoms with Gasteiger partial charge in [0.1, 0.15) is 11.0 Å². The summed E-state index contributed by atoms with van der Waals surface area (Å²) in [7, 11) is 0. The van der Waals surface area contributed by atoms with Crippen LogP contribution < -0.4 is 0 Å². The summed E-state index contributed by atoms with van der Waals surface area (Å²) in [5, 5.41) is 17.6. The first-order chi connectivity index (χ1) is 9.18. The molecule has 0 spiro atoms. The van der Waals surface area contributed by atoms with Gasteiger partial charge in [-0.2, -0.15) is 0 Å². The van der Waals surface area contributed by atoms with Gasteiger partial charge >= 0.3 is 5.97 Å². The van der Waals surface area contributed by atoms with Crippen LogP contribution in [-0.2, 0) is 0 Å². The van der Waals surface area contributed by atoms with Crippen molar-refractivity contribution in [2.75, 3.05) is 0 Å². The van der Waals surface area contributed by atoms with Gasteiger partial charge in [0.05, 0.1) is 11.6 Å². The average molecular weight is 259 g/mol. The molecule has 0 aliphatic heterocycles. The van der Waals surface area contributed by atoms with Crippen molar-refractivity contribution in [1.82, 2.24) is 15.0 Å². The molecule has 1 aromatic heterocycles. The van der Waals surface area contributed by atoms with Gasteiger partial charge in [0.25, 0.3) is 0 Å². The quantitative estimate of drug-likeness (QED) is 0.920. The van der Waals surface area contributed by atoms with E-state index in [1.165, 1.54) is 25.7 Å². The molecule has 1 atom stereocenters. The van der Waals surface area contributed by atoms with Crippen molar-refractivity contribution >= 4 is 17.0 Å². The zero-order chi connectivity index (χ0) is 13.4. The Bertz CT molecular complexity index is 614. The number of aromatic carboxylic acids is 1. The number of benzene rings is 1. The minimum atomic E-state index is -0.923. The maximum Gasteiger partial charge on any atom is 0.337 e. The van der Waals surface area contributed by atoms with Crippen LogP contribution in [-0.4, -0.2) is 26.1 Å². The Hall–Kier alpha value is -1.91. The van der Waals surface area contributed by atoms with Gasteiger partial charge in [-0.25, -0.2) is 9.48 Å². The van der Waals surface area contributed by atoms with Crippen LogP contribution in [0.1, 0.15) is 49.0 Å². The zero-order valence-corrected chi connectivity index (χ0v) is 10.9. The summed E-state index contributed by atoms with van der Waals surface area (Å²) in [4.78, 5) is 11.3. The molecule has 0 bridgehead atoms. The third-order valence-corrected chi connectivity index (χ3v) is 4.19. The maximum atomic E-state index is 11.3. The third kappa shape index (κ3) is 1.99. The van der Waals surface area contributed by atoms with Gasteiger partial charge in [-0.3, -0.25) is 0 Å². The smallest absolute Gasteiger partial charge is 0.337 e. The number of aromatic nitrogens is 3. The van der Waals surface area contributed by atoms with Crippen molar-refractivity contribution in [2.45, 2.75) is 38.6 Å². The van der Waals surface area contributed by atoms with Gasteiger partial charge in [0.2, 0.25) is 0 Å². The van der Waals surface area contributed by atoms with E-state index < -0.39 is 5.97 Å². The fourth-order valence-electron chi connectivity index (χ4n) is 3.09. The summed E-state index contributed by atoms with van der Waals surface area (Å²) in [6, 6.07) is 5.34. The number of carbonyl (C=O) groups is 1. The third-order valence-electron chi connectivity index (χ3n) is 4.19. The first-order valence-electron chi connectivity index (χ1n) is 6.75. The number of hydrogen-bond acceptors (Lipinski definition) is 3. The number of nitrogens with zero attached hydrogens (tertiary/aromatic N) is 3. The molecule has 0 radical (unpaired) electrons. The van der Waals surface area contributed by atoms with Gasteiger partial charge in [0.15, 0.2) is 0 Å². The van der Waals surface area contributed by atoms with Crippen LogP contribution in [0, 0.1) is 5.92 Å². The van der Waals surface area contributed by atoms with Crippen LogP contribution in [0.4, 0.5) is 0 Å². The summed E-state index contributed by atoms with van der Waals surface area (Å²) in [5.41, 5.74) is 1.59. The van der Waals surface area contributed by atoms with E-state index in [4.69, 9.17) is 0 Å². The first-order valence-corrected chi connectivity index (χ1v) is 6.75. The van der Waals surface area contributed by atoms with Crippen molar-refractivity contribution in [1.29, 1.82) is 0 Å². The molecular weight excluding hydrogens is 242 g/mol. The predicted octanol–water partition coefficient (Wildman–Crippen LogP) is 2.88. The molecule has 19 heavy (non-hydrogen) atoms. The highest BCUT2D eigenvalue weighted by Crippen LogP contribution is 2.35. The van der Waals surface area contributed by atoms with Crippen LogP contribution in [0.25, 0.3) is 11.0 Å². The number of hydrogen-bond donors (Lipinski definition) is 1. The van der Waals surface area contributed by atoms with Crippen LogP contribution >= 0.6 is 0 Å². The lowest BCUT2D eigenvalue weighted by molar-refractivity contribution is 0.0698. The normalized spacial score (nSPS) is 17.9. The fraction of sp³-hybridized carbons (Fsp3) is 0.500. The van der Waals surface area contributed by atoms with Gasteiger partial charge < -0.3 is 5.11 Å². The number of carboxylic acid groups (broad SMARTS) is 1. The second-order valence-electron chi connectivity index (χ2n) is 5.30. The summed E-state index contributed by atoms with van der Waals surface area (Å²) in [6.45, 7) is 2.11. The van der Waals surface area contributed by atoms with E-state index in [0.29, 0.717) is 17.0 Å². The van der Waals surface area contributed by atoms with Gasteiger partial charge in [0, 0.05) is 0 Å². The molecule has 0 amide bonds. The minimum absolute atomic E-state index is 0.202. The van der Waals surface area contributed by atoms with Gasteiger partial charge in [-0.1, -0.05) is 24.1 Å². The topological polar surface area (TPSA) is 68.0 Å². The van der Waals surface area contributed by atoms with Gasteiger partial charge in [-0.05, 0) is 37.8 Å². The lowest BCUT2D eigenvalue weighted by Gasteiger charge is -2.19. The monoisotopic (exact) mass is 259 g/mol. The Balaban J connectivity index is 2.10. The molecule has 1 fully saturated rings. The van der Waals surface area contributed by atoms with Crippen molar-refractivity contribution in [3.05, 3.63) is 23.8 Å². The molecule has 1 N–H and O–H groups in total. The van der Waals surface area contributed by atoms with Crippen molar-refractivity contribution in [3.8, 4) is 0 Å². The Kier molecular flexibility index (Phi) is 2.97. The molecule has 2 aromatic rings. The molecule has 1 aromatic carbocycles. The fourth-order valence-corrected chi connectivity index (χ4v) is 3.09. The Morgan fingerprint density at radius 1 is 1.42 bits per heavy atom. The summed E-state index contributed by atoms with van der Waals surface area (Å²) >= 11 is 0. The molecular formula is C14H17N3O2. The van der Waals surface area contributed by atoms with E-state index >= 15 is 0 Å². The molecule has 5 heteroatoms. The standard InChI is InChI=1S/C14H17N3O2/c1-9(10-5-2-3-6-10)17-13-11(14(18)19)7-4-8-12(13)15-16-17/h4,7-10H,2-3,5-6H2,1H3,(H,18,19). The number of carboxylic acids is 1. The maximum absolute atomic E-state index is 11.3. The Morgan fingerprint density at radius 3 is 2.84 bits per heavy atom. The molecule has 1 aliphatic rings. The van der Waals surface area contributed by atoms with Crippen molar-refractivity contribution in [3.63, 3.8) is 0 Å². The average Bonchev–Trinajstić information content (AvgIpc) is 3.06. The second-order valence-corrected chi connectivity index (χ2v) is 5.30. The van der Waals surface area contributed by atoms with Crippen LogP contribution in [0.15, 0.2) is 18.2 Å². The van der Waals surface area contributed by atoms with E-state index in [1.807, 2.05) is 6.07 Å². The summed E-state index contributed by atoms with van der Waals surface area (Å²) in [5.74, 6) is -0.348. The molecule has 1 aliphatic carbocycles. The molecule has 100 valence electrons. The van der Waals surface area contributed by atoms with Crippen molar-refractivity contribution in [2.24, 2.45) is 5.92 Å². The summed E-state index contributed by atoms with van der Waals surface area (Å²) < 4.78 is 1.80. The van der Waals surface area contributed by atoms with Crippen LogP contribution in [0.2, 0.25) is 0 Å². The summed E-state index contributed by atoms with van der Waals surface area (Å²) in [6.07, 6.45) is 4.90. The van der Waals surface area contributed by atoms with E-state index in [1.54, 1.807) is 16.8 Å². The van der Waals surface area contributed by atoms with E-state index in [9.17, 15) is 9.90 Å². The lowest BCUT2D eigenvalue weighted by Crippen LogP contribution is -2.16. The van der Waals surface area contributed by atoms with E-state index in [2.05, 4.69) is 17.2 Å². The van der Waals surface area contributed by atoms with Crippen molar-refractivity contribution < 1.29 is 9.90 Å². The first kappa shape index (κ1) is 12.1. The van der Waals surface area contributed by atoms with Crippen LogP contribution in [0.5, 0.6) is 0 Å². The van der Waals surface area contributed by atoms with E-state index in [-0.39, 0.29) is 11.6 Å². The lowest BCUT2D eigenvalue weighted by atomic mass is 9.99. The largest absolute Gasteiger partial charge is 0.478 e. The highest BCUT2D eigenvalue weighted by Gasteiger charge is 2.26. The molecule has 1 unspecified atom stereocenters. The number of fused-ring (bicyclic) bond motifs is 1. The molecule has 0 saturated heterocycles. The minimum Gasteiger partial charge on any atom is -0.478 e.